The van der Waals surface area contributed by atoms with Crippen molar-refractivity contribution in [2.45, 2.75) is 50.7 Å². The van der Waals surface area contributed by atoms with Crippen molar-refractivity contribution in [1.29, 1.82) is 0 Å². The predicted octanol–water partition coefficient (Wildman–Crippen LogP) is 2.79. The molecule has 0 radical (unpaired) electrons. The van der Waals surface area contributed by atoms with Crippen molar-refractivity contribution in [2.75, 3.05) is 19.7 Å². The topological polar surface area (TPSA) is 32.7 Å². The highest BCUT2D eigenvalue weighted by atomic mass is 16.5. The average Bonchev–Trinajstić information content (AvgIpc) is 2.86. The van der Waals surface area contributed by atoms with Crippen LogP contribution in [-0.2, 0) is 0 Å². The Hall–Kier alpha value is -1.06. The Labute approximate surface area is 121 Å². The number of para-hydroxylation sites is 1. The van der Waals surface area contributed by atoms with Gasteiger partial charge in [0.15, 0.2) is 0 Å². The molecule has 3 atom stereocenters. The number of hydrogen-bond acceptors (Lipinski definition) is 3. The molecule has 3 unspecified atom stereocenters. The summed E-state index contributed by atoms with van der Waals surface area (Å²) in [5.41, 5.74) is 1.36. The summed E-state index contributed by atoms with van der Waals surface area (Å²) in [5.74, 6) is 1.64. The second-order valence-electron chi connectivity index (χ2n) is 6.25. The fraction of sp³-hybridized carbons (Fsp3) is 0.647. The lowest BCUT2D eigenvalue weighted by molar-refractivity contribution is 0.126. The van der Waals surface area contributed by atoms with E-state index in [0.29, 0.717) is 12.0 Å². The van der Waals surface area contributed by atoms with Crippen LogP contribution in [-0.4, -0.2) is 41.8 Å². The predicted molar refractivity (Wildman–Crippen MR) is 80.2 cm³/mol. The Morgan fingerprint density at radius 2 is 2.20 bits per heavy atom. The van der Waals surface area contributed by atoms with Crippen LogP contribution >= 0.6 is 0 Å². The minimum Gasteiger partial charge on any atom is -0.493 e. The molecule has 3 heteroatoms. The van der Waals surface area contributed by atoms with Crippen molar-refractivity contribution in [1.82, 2.24) is 4.90 Å². The van der Waals surface area contributed by atoms with E-state index in [2.05, 4.69) is 23.1 Å². The van der Waals surface area contributed by atoms with E-state index in [0.717, 1.165) is 31.7 Å². The molecular weight excluding hydrogens is 250 g/mol. The van der Waals surface area contributed by atoms with Crippen LogP contribution in [0.1, 0.15) is 44.1 Å². The number of likely N-dealkylation sites (tertiary alicyclic amines) is 1. The highest BCUT2D eigenvalue weighted by Crippen LogP contribution is 2.35. The summed E-state index contributed by atoms with van der Waals surface area (Å²) in [6.45, 7) is 5.02. The minimum absolute atomic E-state index is 0.192. The van der Waals surface area contributed by atoms with Crippen LogP contribution in [0.2, 0.25) is 0 Å². The lowest BCUT2D eigenvalue weighted by Crippen LogP contribution is -2.36. The van der Waals surface area contributed by atoms with Gasteiger partial charge in [-0.2, -0.15) is 0 Å². The van der Waals surface area contributed by atoms with Crippen LogP contribution in [0.25, 0.3) is 0 Å². The van der Waals surface area contributed by atoms with Gasteiger partial charge >= 0.3 is 0 Å². The molecule has 2 heterocycles. The summed E-state index contributed by atoms with van der Waals surface area (Å²) in [6.07, 6.45) is 4.32. The third kappa shape index (κ3) is 2.99. The van der Waals surface area contributed by atoms with Crippen LogP contribution in [0.4, 0.5) is 0 Å². The van der Waals surface area contributed by atoms with Crippen LogP contribution in [0.15, 0.2) is 24.3 Å². The summed E-state index contributed by atoms with van der Waals surface area (Å²) >= 11 is 0. The van der Waals surface area contributed by atoms with Crippen LogP contribution in [0, 0.1) is 0 Å². The molecule has 0 spiro atoms. The molecule has 1 saturated heterocycles. The van der Waals surface area contributed by atoms with Gasteiger partial charge in [0.05, 0.1) is 12.7 Å². The summed E-state index contributed by atoms with van der Waals surface area (Å²) in [5, 5.41) is 9.65. The van der Waals surface area contributed by atoms with Crippen molar-refractivity contribution in [3.05, 3.63) is 29.8 Å². The molecule has 110 valence electrons. The van der Waals surface area contributed by atoms with Crippen LogP contribution in [0.5, 0.6) is 5.75 Å². The molecule has 1 N–H and O–H groups in total. The Balaban J connectivity index is 1.69. The molecule has 1 fully saturated rings. The molecule has 0 saturated carbocycles. The zero-order chi connectivity index (χ0) is 13.9. The third-order valence-electron chi connectivity index (χ3n) is 4.65. The zero-order valence-corrected chi connectivity index (χ0v) is 12.3. The number of aliphatic hydroxyl groups is 1. The number of fused-ring (bicyclic) bond motifs is 1. The van der Waals surface area contributed by atoms with Gasteiger partial charge in [-0.25, -0.2) is 0 Å². The van der Waals surface area contributed by atoms with Crippen molar-refractivity contribution in [3.8, 4) is 5.75 Å². The largest absolute Gasteiger partial charge is 0.493 e. The standard InChI is InChI=1S/C17H25NO2/c1-13(19)11-15-5-4-9-18(15)12-14-8-10-20-17-7-3-2-6-16(14)17/h2-3,6-7,13-15,19H,4-5,8-12H2,1H3. The first-order valence-corrected chi connectivity index (χ1v) is 7.88. The van der Waals surface area contributed by atoms with E-state index in [1.165, 1.54) is 24.9 Å². The molecule has 2 aliphatic heterocycles. The van der Waals surface area contributed by atoms with E-state index in [-0.39, 0.29) is 6.10 Å². The maximum absolute atomic E-state index is 9.65. The van der Waals surface area contributed by atoms with Gasteiger partial charge in [0.2, 0.25) is 0 Å². The van der Waals surface area contributed by atoms with Crippen LogP contribution in [0.3, 0.4) is 0 Å². The Kier molecular flexibility index (Phi) is 4.27. The van der Waals surface area contributed by atoms with E-state index in [9.17, 15) is 5.11 Å². The SMILES string of the molecule is CC(O)CC1CCCN1CC1CCOc2ccccc21. The van der Waals surface area contributed by atoms with E-state index in [4.69, 9.17) is 4.74 Å². The van der Waals surface area contributed by atoms with E-state index in [1.807, 2.05) is 13.0 Å². The maximum atomic E-state index is 9.65. The molecule has 2 aliphatic rings. The van der Waals surface area contributed by atoms with Gasteiger partial charge in [0.1, 0.15) is 5.75 Å². The molecule has 1 aromatic rings. The summed E-state index contributed by atoms with van der Waals surface area (Å²) < 4.78 is 5.75. The van der Waals surface area contributed by atoms with Gasteiger partial charge in [-0.1, -0.05) is 18.2 Å². The first-order chi connectivity index (χ1) is 9.74. The van der Waals surface area contributed by atoms with Gasteiger partial charge in [-0.05, 0) is 50.8 Å². The summed E-state index contributed by atoms with van der Waals surface area (Å²) in [6, 6.07) is 9.01. The van der Waals surface area contributed by atoms with Gasteiger partial charge < -0.3 is 9.84 Å². The number of benzene rings is 1. The molecule has 0 aliphatic carbocycles. The Morgan fingerprint density at radius 1 is 1.35 bits per heavy atom. The number of aliphatic hydroxyl groups excluding tert-OH is 1. The highest BCUT2D eigenvalue weighted by molar-refractivity contribution is 5.38. The maximum Gasteiger partial charge on any atom is 0.122 e. The van der Waals surface area contributed by atoms with E-state index in [1.54, 1.807) is 0 Å². The van der Waals surface area contributed by atoms with E-state index >= 15 is 0 Å². The second-order valence-corrected chi connectivity index (χ2v) is 6.25. The van der Waals surface area contributed by atoms with Crippen LogP contribution < -0.4 is 4.74 Å². The molecule has 3 nitrogen and oxygen atoms in total. The number of hydrogen-bond donors (Lipinski definition) is 1. The second kappa shape index (κ2) is 6.15. The van der Waals surface area contributed by atoms with Gasteiger partial charge in [0, 0.05) is 18.5 Å². The lowest BCUT2D eigenvalue weighted by Gasteiger charge is -2.32. The van der Waals surface area contributed by atoms with Gasteiger partial charge in [-0.15, -0.1) is 0 Å². The molecule has 0 bridgehead atoms. The van der Waals surface area contributed by atoms with Gasteiger partial charge in [0.25, 0.3) is 0 Å². The fourth-order valence-electron chi connectivity index (χ4n) is 3.68. The normalized spacial score (nSPS) is 27.9. The molecular formula is C17H25NO2. The number of nitrogens with zero attached hydrogens (tertiary/aromatic N) is 1. The van der Waals surface area contributed by atoms with Crippen molar-refractivity contribution in [2.24, 2.45) is 0 Å². The third-order valence-corrected chi connectivity index (χ3v) is 4.65. The first-order valence-electron chi connectivity index (χ1n) is 7.88. The molecule has 3 rings (SSSR count). The average molecular weight is 275 g/mol. The lowest BCUT2D eigenvalue weighted by atomic mass is 9.92. The fourth-order valence-corrected chi connectivity index (χ4v) is 3.68. The van der Waals surface area contributed by atoms with Crippen molar-refractivity contribution in [3.63, 3.8) is 0 Å². The monoisotopic (exact) mass is 275 g/mol. The quantitative estimate of drug-likeness (QED) is 0.917. The molecule has 1 aromatic carbocycles. The molecule has 0 amide bonds. The zero-order valence-electron chi connectivity index (χ0n) is 12.3. The van der Waals surface area contributed by atoms with E-state index < -0.39 is 0 Å². The Morgan fingerprint density at radius 3 is 3.05 bits per heavy atom. The summed E-state index contributed by atoms with van der Waals surface area (Å²) in [7, 11) is 0. The summed E-state index contributed by atoms with van der Waals surface area (Å²) in [4.78, 5) is 2.58. The molecule has 20 heavy (non-hydrogen) atoms. The smallest absolute Gasteiger partial charge is 0.122 e. The Bertz CT molecular complexity index is 446. The number of rotatable bonds is 4. The number of ether oxygens (including phenoxy) is 1. The molecule has 0 aromatic heterocycles. The van der Waals surface area contributed by atoms with Gasteiger partial charge in [-0.3, -0.25) is 4.90 Å². The van der Waals surface area contributed by atoms with Crippen molar-refractivity contribution < 1.29 is 9.84 Å². The highest BCUT2D eigenvalue weighted by Gasteiger charge is 2.30. The minimum atomic E-state index is -0.192. The van der Waals surface area contributed by atoms with Crippen molar-refractivity contribution >= 4 is 0 Å². The first kappa shape index (κ1) is 13.9.